The number of carbonyl (C=O) groups excluding carboxylic acids is 1. The molecule has 0 aliphatic carbocycles. The highest BCUT2D eigenvalue weighted by molar-refractivity contribution is 6.31. The summed E-state index contributed by atoms with van der Waals surface area (Å²) >= 11 is 6.03. The molecule has 3 heterocycles. The summed E-state index contributed by atoms with van der Waals surface area (Å²) in [5.74, 6) is 0.921. The van der Waals surface area contributed by atoms with E-state index < -0.39 is 5.60 Å². The number of pyridine rings is 1. The summed E-state index contributed by atoms with van der Waals surface area (Å²) in [6.07, 6.45) is 1.66. The van der Waals surface area contributed by atoms with Crippen molar-refractivity contribution in [2.24, 2.45) is 0 Å². The van der Waals surface area contributed by atoms with Gasteiger partial charge in [0.2, 0.25) is 0 Å². The van der Waals surface area contributed by atoms with E-state index in [0.29, 0.717) is 18.1 Å². The van der Waals surface area contributed by atoms with Gasteiger partial charge in [0.25, 0.3) is 0 Å². The number of rotatable bonds is 1. The third-order valence-electron chi connectivity index (χ3n) is 4.64. The number of anilines is 1. The van der Waals surface area contributed by atoms with Gasteiger partial charge >= 0.3 is 6.09 Å². The first-order valence-electron chi connectivity index (χ1n) is 7.80. The largest absolute Gasteiger partial charge is 0.439 e. The molecule has 0 bridgehead atoms. The topological polar surface area (TPSA) is 45.7 Å². The van der Waals surface area contributed by atoms with Gasteiger partial charge in [-0.3, -0.25) is 0 Å². The molecule has 0 saturated carbocycles. The Hall–Kier alpha value is -2.01. The molecule has 1 aromatic heterocycles. The second-order valence-electron chi connectivity index (χ2n) is 6.44. The van der Waals surface area contributed by atoms with Gasteiger partial charge in [0.05, 0.1) is 18.6 Å². The summed E-state index contributed by atoms with van der Waals surface area (Å²) in [5.41, 5.74) is 0.521. The van der Waals surface area contributed by atoms with E-state index >= 15 is 0 Å². The molecule has 2 saturated heterocycles. The Labute approximate surface area is 139 Å². The number of benzene rings is 1. The van der Waals surface area contributed by atoms with Crippen molar-refractivity contribution in [2.45, 2.75) is 18.4 Å². The molecular formula is C17H18ClN3O2. The summed E-state index contributed by atoms with van der Waals surface area (Å²) in [5, 5.41) is 1.74. The second kappa shape index (κ2) is 5.27. The van der Waals surface area contributed by atoms with Gasteiger partial charge in [-0.2, -0.15) is 0 Å². The smallest absolute Gasteiger partial charge is 0.410 e. The van der Waals surface area contributed by atoms with Gasteiger partial charge < -0.3 is 14.5 Å². The van der Waals surface area contributed by atoms with Gasteiger partial charge in [-0.25, -0.2) is 9.78 Å². The van der Waals surface area contributed by atoms with Crippen molar-refractivity contribution >= 4 is 34.4 Å². The van der Waals surface area contributed by atoms with E-state index in [0.717, 1.165) is 36.1 Å². The molecule has 23 heavy (non-hydrogen) atoms. The number of amides is 1. The van der Waals surface area contributed by atoms with Crippen LogP contribution in [0.15, 0.2) is 30.3 Å². The fourth-order valence-corrected chi connectivity index (χ4v) is 3.74. The maximum absolute atomic E-state index is 11.8. The minimum Gasteiger partial charge on any atom is -0.439 e. The molecule has 1 aromatic carbocycles. The van der Waals surface area contributed by atoms with Crippen LogP contribution in [0.4, 0.5) is 10.6 Å². The molecule has 2 fully saturated rings. The zero-order valence-electron chi connectivity index (χ0n) is 13.0. The number of likely N-dealkylation sites (N-methyl/N-ethyl adjacent to an activating group) is 1. The lowest BCUT2D eigenvalue weighted by atomic mass is 9.93. The number of halogens is 1. The number of nitrogens with zero attached hydrogens (tertiary/aromatic N) is 3. The van der Waals surface area contributed by atoms with Crippen molar-refractivity contribution in [2.75, 3.05) is 31.6 Å². The summed E-state index contributed by atoms with van der Waals surface area (Å²) in [7, 11) is 1.79. The standard InChI is InChI=1S/C17H18ClN3O2/c1-20-10-17(23-16(20)22)7-2-8-21(11-17)15-6-3-12-9-13(18)4-5-14(12)19-15/h3-6,9H,2,7-8,10-11H2,1H3/t17-/m0/s1. The van der Waals surface area contributed by atoms with Crippen LogP contribution in [-0.2, 0) is 4.74 Å². The van der Waals surface area contributed by atoms with Crippen LogP contribution in [0, 0.1) is 0 Å². The Bertz CT molecular complexity index is 782. The maximum atomic E-state index is 11.8. The molecule has 0 N–H and O–H groups in total. The molecule has 120 valence electrons. The number of aromatic nitrogens is 1. The van der Waals surface area contributed by atoms with E-state index in [1.165, 1.54) is 0 Å². The molecule has 1 spiro atoms. The quantitative estimate of drug-likeness (QED) is 0.804. The van der Waals surface area contributed by atoms with E-state index in [9.17, 15) is 4.79 Å². The molecule has 1 amide bonds. The summed E-state index contributed by atoms with van der Waals surface area (Å²) in [6.45, 7) is 2.26. The first-order chi connectivity index (χ1) is 11.0. The van der Waals surface area contributed by atoms with Crippen LogP contribution < -0.4 is 4.90 Å². The number of piperidine rings is 1. The number of hydrogen-bond donors (Lipinski definition) is 0. The maximum Gasteiger partial charge on any atom is 0.410 e. The number of fused-ring (bicyclic) bond motifs is 1. The van der Waals surface area contributed by atoms with Gasteiger partial charge in [-0.05, 0) is 43.2 Å². The van der Waals surface area contributed by atoms with Crippen molar-refractivity contribution in [1.82, 2.24) is 9.88 Å². The lowest BCUT2D eigenvalue weighted by Crippen LogP contribution is -2.50. The molecule has 0 radical (unpaired) electrons. The Balaban J connectivity index is 1.62. The lowest BCUT2D eigenvalue weighted by Gasteiger charge is -2.39. The van der Waals surface area contributed by atoms with Crippen LogP contribution in [0.2, 0.25) is 5.02 Å². The van der Waals surface area contributed by atoms with E-state index in [4.69, 9.17) is 21.3 Å². The van der Waals surface area contributed by atoms with Crippen LogP contribution in [-0.4, -0.2) is 48.3 Å². The highest BCUT2D eigenvalue weighted by atomic mass is 35.5. The molecule has 2 aliphatic heterocycles. The van der Waals surface area contributed by atoms with E-state index in [2.05, 4.69) is 4.90 Å². The number of hydrogen-bond acceptors (Lipinski definition) is 4. The normalized spacial score (nSPS) is 24.5. The van der Waals surface area contributed by atoms with Crippen LogP contribution in [0.3, 0.4) is 0 Å². The van der Waals surface area contributed by atoms with Gasteiger partial charge in [0.15, 0.2) is 0 Å². The predicted octanol–water partition coefficient (Wildman–Crippen LogP) is 3.31. The average molecular weight is 332 g/mol. The summed E-state index contributed by atoms with van der Waals surface area (Å²) < 4.78 is 5.66. The van der Waals surface area contributed by atoms with Crippen LogP contribution in [0.25, 0.3) is 10.9 Å². The predicted molar refractivity (Wildman–Crippen MR) is 90.0 cm³/mol. The van der Waals surface area contributed by atoms with Gasteiger partial charge in [-0.1, -0.05) is 11.6 Å². The minimum absolute atomic E-state index is 0.229. The molecule has 4 rings (SSSR count). The highest BCUT2D eigenvalue weighted by Gasteiger charge is 2.46. The molecule has 5 nitrogen and oxygen atoms in total. The zero-order chi connectivity index (χ0) is 16.0. The van der Waals surface area contributed by atoms with Gasteiger partial charge in [-0.15, -0.1) is 0 Å². The minimum atomic E-state index is -0.402. The van der Waals surface area contributed by atoms with Crippen molar-refractivity contribution in [3.8, 4) is 0 Å². The fourth-order valence-electron chi connectivity index (χ4n) is 3.56. The SMILES string of the molecule is CN1C[C@]2(CCCN(c3ccc4cc(Cl)ccc4n3)C2)OC1=O. The van der Waals surface area contributed by atoms with Gasteiger partial charge in [0.1, 0.15) is 11.4 Å². The Kier molecular flexibility index (Phi) is 3.34. The second-order valence-corrected chi connectivity index (χ2v) is 6.88. The number of ether oxygens (including phenoxy) is 1. The molecule has 1 atom stereocenters. The fraction of sp³-hybridized carbons (Fsp3) is 0.412. The number of carbonyl (C=O) groups is 1. The van der Waals surface area contributed by atoms with Crippen LogP contribution in [0.5, 0.6) is 0 Å². The third kappa shape index (κ3) is 2.59. The molecule has 0 unspecified atom stereocenters. The average Bonchev–Trinajstić information content (AvgIpc) is 2.80. The summed E-state index contributed by atoms with van der Waals surface area (Å²) in [4.78, 5) is 20.4. The van der Waals surface area contributed by atoms with Crippen LogP contribution >= 0.6 is 11.6 Å². The van der Waals surface area contributed by atoms with Crippen molar-refractivity contribution in [3.63, 3.8) is 0 Å². The molecule has 2 aliphatic rings. The Morgan fingerprint density at radius 1 is 1.26 bits per heavy atom. The Morgan fingerprint density at radius 2 is 2.13 bits per heavy atom. The lowest BCUT2D eigenvalue weighted by molar-refractivity contribution is 0.0445. The first-order valence-corrected chi connectivity index (χ1v) is 8.18. The van der Waals surface area contributed by atoms with E-state index in [1.807, 2.05) is 30.3 Å². The Morgan fingerprint density at radius 3 is 2.91 bits per heavy atom. The van der Waals surface area contributed by atoms with Crippen molar-refractivity contribution in [3.05, 3.63) is 35.4 Å². The van der Waals surface area contributed by atoms with Crippen LogP contribution in [0.1, 0.15) is 12.8 Å². The third-order valence-corrected chi connectivity index (χ3v) is 4.88. The highest BCUT2D eigenvalue weighted by Crippen LogP contribution is 2.33. The first kappa shape index (κ1) is 14.6. The molecule has 2 aromatic rings. The van der Waals surface area contributed by atoms with Crippen molar-refractivity contribution in [1.29, 1.82) is 0 Å². The molecule has 6 heteroatoms. The monoisotopic (exact) mass is 331 g/mol. The summed E-state index contributed by atoms with van der Waals surface area (Å²) in [6, 6.07) is 9.76. The van der Waals surface area contributed by atoms with E-state index in [1.54, 1.807) is 11.9 Å². The van der Waals surface area contributed by atoms with Gasteiger partial charge in [0, 0.05) is 24.0 Å². The van der Waals surface area contributed by atoms with Crippen molar-refractivity contribution < 1.29 is 9.53 Å². The van der Waals surface area contributed by atoms with E-state index in [-0.39, 0.29) is 6.09 Å². The zero-order valence-corrected chi connectivity index (χ0v) is 13.7. The molecular weight excluding hydrogens is 314 g/mol.